The van der Waals surface area contributed by atoms with Gasteiger partial charge in [-0.2, -0.15) is 0 Å². The molecule has 0 aliphatic heterocycles. The van der Waals surface area contributed by atoms with Gasteiger partial charge in [0.1, 0.15) is 17.7 Å². The largest absolute Gasteiger partial charge is 0.444 e. The van der Waals surface area contributed by atoms with E-state index >= 15 is 0 Å². The zero-order valence-electron chi connectivity index (χ0n) is 10.2. The molecule has 2 heterocycles. The quantitative estimate of drug-likeness (QED) is 0.689. The number of carbonyl (C=O) groups excluding carboxylic acids is 1. The van der Waals surface area contributed by atoms with Crippen LogP contribution in [-0.4, -0.2) is 26.3 Å². The Labute approximate surface area is 119 Å². The normalized spacial score (nSPS) is 10.7. The monoisotopic (exact) mass is 288 g/mol. The number of halogens is 1. The summed E-state index contributed by atoms with van der Waals surface area (Å²) in [4.78, 5) is 14.9. The Hall–Kier alpha value is -2.47. The molecule has 6 nitrogen and oxygen atoms in total. The molecule has 0 N–H and O–H groups in total. The van der Waals surface area contributed by atoms with Crippen molar-refractivity contribution in [2.75, 3.05) is 0 Å². The summed E-state index contributed by atoms with van der Waals surface area (Å²) in [5.41, 5.74) is 1.77. The van der Waals surface area contributed by atoms with E-state index in [4.69, 9.17) is 16.0 Å². The van der Waals surface area contributed by atoms with Gasteiger partial charge in [0.15, 0.2) is 6.29 Å². The lowest BCUT2D eigenvalue weighted by Gasteiger charge is -1.95. The highest BCUT2D eigenvalue weighted by atomic mass is 35.5. The van der Waals surface area contributed by atoms with Gasteiger partial charge in [-0.3, -0.25) is 4.79 Å². The van der Waals surface area contributed by atoms with Gasteiger partial charge in [-0.1, -0.05) is 22.9 Å². The molecule has 7 heteroatoms. The number of oxazole rings is 1. The number of hydrogen-bond donors (Lipinski definition) is 0. The van der Waals surface area contributed by atoms with E-state index in [9.17, 15) is 4.79 Å². The number of benzene rings is 1. The Morgan fingerprint density at radius 3 is 3.05 bits per heavy atom. The summed E-state index contributed by atoms with van der Waals surface area (Å²) in [6.07, 6.45) is 3.73. The molecular weight excluding hydrogens is 280 g/mol. The average Bonchev–Trinajstić information content (AvgIpc) is 3.08. The fraction of sp³-hybridized carbons (Fsp3) is 0.0769. The molecule has 0 atom stereocenters. The van der Waals surface area contributed by atoms with E-state index in [0.29, 0.717) is 29.4 Å². The fourth-order valence-electron chi connectivity index (χ4n) is 1.74. The van der Waals surface area contributed by atoms with Gasteiger partial charge in [0.05, 0.1) is 12.7 Å². The second-order valence-corrected chi connectivity index (χ2v) is 4.55. The Kier molecular flexibility index (Phi) is 3.30. The molecule has 0 spiro atoms. The second kappa shape index (κ2) is 5.26. The van der Waals surface area contributed by atoms with Crippen LogP contribution in [0.1, 0.15) is 16.2 Å². The Morgan fingerprint density at radius 1 is 1.40 bits per heavy atom. The summed E-state index contributed by atoms with van der Waals surface area (Å²) in [6, 6.07) is 7.25. The summed E-state index contributed by atoms with van der Waals surface area (Å²) in [7, 11) is 0. The minimum Gasteiger partial charge on any atom is -0.444 e. The van der Waals surface area contributed by atoms with Crippen molar-refractivity contribution in [1.29, 1.82) is 0 Å². The standard InChI is InChI=1S/C13H9ClN4O2/c14-10-3-1-2-9(4-10)13-15-12(8-20-13)6-18-5-11(7-19)16-17-18/h1-5,7-8H,6H2. The molecule has 0 bridgehead atoms. The molecule has 0 aliphatic rings. The first-order chi connectivity index (χ1) is 9.74. The van der Waals surface area contributed by atoms with Crippen LogP contribution in [-0.2, 0) is 6.54 Å². The first-order valence-corrected chi connectivity index (χ1v) is 6.18. The van der Waals surface area contributed by atoms with Gasteiger partial charge in [0.2, 0.25) is 5.89 Å². The van der Waals surface area contributed by atoms with Gasteiger partial charge < -0.3 is 4.42 Å². The van der Waals surface area contributed by atoms with E-state index in [0.717, 1.165) is 5.56 Å². The number of aromatic nitrogens is 4. The molecular formula is C13H9ClN4O2. The maximum Gasteiger partial charge on any atom is 0.226 e. The van der Waals surface area contributed by atoms with Crippen LogP contribution in [0.5, 0.6) is 0 Å². The van der Waals surface area contributed by atoms with Crippen LogP contribution in [0.4, 0.5) is 0 Å². The molecule has 0 amide bonds. The zero-order chi connectivity index (χ0) is 13.9. The zero-order valence-corrected chi connectivity index (χ0v) is 11.0. The smallest absolute Gasteiger partial charge is 0.226 e. The Balaban J connectivity index is 1.81. The van der Waals surface area contributed by atoms with Gasteiger partial charge in [0.25, 0.3) is 0 Å². The molecule has 100 valence electrons. The van der Waals surface area contributed by atoms with E-state index in [-0.39, 0.29) is 5.69 Å². The van der Waals surface area contributed by atoms with Crippen LogP contribution in [0, 0.1) is 0 Å². The molecule has 3 aromatic rings. The van der Waals surface area contributed by atoms with Crippen molar-refractivity contribution in [1.82, 2.24) is 20.0 Å². The SMILES string of the molecule is O=Cc1cn(Cc2coc(-c3cccc(Cl)c3)n2)nn1. The molecule has 0 saturated heterocycles. The van der Waals surface area contributed by atoms with Crippen molar-refractivity contribution in [3.05, 3.63) is 53.1 Å². The van der Waals surface area contributed by atoms with Crippen LogP contribution < -0.4 is 0 Å². The first kappa shape index (κ1) is 12.6. The van der Waals surface area contributed by atoms with Gasteiger partial charge in [-0.05, 0) is 18.2 Å². The highest BCUT2D eigenvalue weighted by Crippen LogP contribution is 2.22. The lowest BCUT2D eigenvalue weighted by Crippen LogP contribution is -2.00. The molecule has 1 aromatic carbocycles. The predicted octanol–water partition coefficient (Wildman–Crippen LogP) is 2.45. The van der Waals surface area contributed by atoms with Gasteiger partial charge in [0, 0.05) is 10.6 Å². The Bertz CT molecular complexity index is 750. The van der Waals surface area contributed by atoms with Crippen LogP contribution in [0.3, 0.4) is 0 Å². The van der Waals surface area contributed by atoms with Crippen molar-refractivity contribution in [2.24, 2.45) is 0 Å². The number of aldehydes is 1. The fourth-order valence-corrected chi connectivity index (χ4v) is 1.93. The van der Waals surface area contributed by atoms with Gasteiger partial charge in [-0.15, -0.1) is 5.10 Å². The van der Waals surface area contributed by atoms with Crippen molar-refractivity contribution < 1.29 is 9.21 Å². The third-order valence-electron chi connectivity index (χ3n) is 2.62. The maximum absolute atomic E-state index is 10.5. The van der Waals surface area contributed by atoms with Crippen LogP contribution in [0.25, 0.3) is 11.5 Å². The van der Waals surface area contributed by atoms with E-state index < -0.39 is 0 Å². The van der Waals surface area contributed by atoms with E-state index in [2.05, 4.69) is 15.3 Å². The van der Waals surface area contributed by atoms with E-state index in [1.165, 1.54) is 4.68 Å². The molecule has 0 radical (unpaired) electrons. The van der Waals surface area contributed by atoms with Crippen molar-refractivity contribution in [3.8, 4) is 11.5 Å². The number of hydrogen-bond acceptors (Lipinski definition) is 5. The minimum absolute atomic E-state index is 0.281. The third-order valence-corrected chi connectivity index (χ3v) is 2.86. The van der Waals surface area contributed by atoms with Crippen LogP contribution in [0.2, 0.25) is 5.02 Å². The third kappa shape index (κ3) is 2.60. The highest BCUT2D eigenvalue weighted by Gasteiger charge is 2.08. The highest BCUT2D eigenvalue weighted by molar-refractivity contribution is 6.30. The molecule has 0 unspecified atom stereocenters. The van der Waals surface area contributed by atoms with Crippen LogP contribution in [0.15, 0.2) is 41.1 Å². The van der Waals surface area contributed by atoms with E-state index in [1.807, 2.05) is 12.1 Å². The number of rotatable bonds is 4. The van der Waals surface area contributed by atoms with Crippen molar-refractivity contribution in [3.63, 3.8) is 0 Å². The molecule has 0 aliphatic carbocycles. The molecule has 2 aromatic heterocycles. The van der Waals surface area contributed by atoms with Crippen molar-refractivity contribution >= 4 is 17.9 Å². The summed E-state index contributed by atoms with van der Waals surface area (Å²) in [6.45, 7) is 0.380. The van der Waals surface area contributed by atoms with Crippen LogP contribution >= 0.6 is 11.6 Å². The first-order valence-electron chi connectivity index (χ1n) is 5.80. The summed E-state index contributed by atoms with van der Waals surface area (Å²) >= 11 is 5.93. The van der Waals surface area contributed by atoms with Crippen molar-refractivity contribution in [2.45, 2.75) is 6.54 Å². The van der Waals surface area contributed by atoms with Gasteiger partial charge >= 0.3 is 0 Å². The second-order valence-electron chi connectivity index (χ2n) is 4.11. The van der Waals surface area contributed by atoms with E-state index in [1.54, 1.807) is 24.6 Å². The number of nitrogens with zero attached hydrogens (tertiary/aromatic N) is 4. The van der Waals surface area contributed by atoms with Gasteiger partial charge in [-0.25, -0.2) is 9.67 Å². The topological polar surface area (TPSA) is 73.8 Å². The summed E-state index contributed by atoms with van der Waals surface area (Å²) < 4.78 is 6.93. The minimum atomic E-state index is 0.281. The lowest BCUT2D eigenvalue weighted by atomic mass is 10.2. The molecule has 0 fully saturated rings. The summed E-state index contributed by atoms with van der Waals surface area (Å²) in [5.74, 6) is 0.484. The molecule has 3 rings (SSSR count). The average molecular weight is 289 g/mol. The predicted molar refractivity (Wildman–Crippen MR) is 71.5 cm³/mol. The summed E-state index contributed by atoms with van der Waals surface area (Å²) in [5, 5.41) is 8.11. The number of carbonyl (C=O) groups is 1. The molecule has 20 heavy (non-hydrogen) atoms. The maximum atomic E-state index is 10.5. The lowest BCUT2D eigenvalue weighted by molar-refractivity contribution is 0.111. The Morgan fingerprint density at radius 2 is 2.30 bits per heavy atom. The molecule has 0 saturated carbocycles.